The van der Waals surface area contributed by atoms with Crippen molar-refractivity contribution < 1.29 is 29.0 Å². The van der Waals surface area contributed by atoms with Crippen molar-refractivity contribution in [3.05, 3.63) is 58.8 Å². The first-order chi connectivity index (χ1) is 13.9. The molecule has 1 aliphatic carbocycles. The molecular weight excluding hydrogens is 376 g/mol. The minimum absolute atomic E-state index is 0.0204. The molecule has 0 aromatic heterocycles. The van der Waals surface area contributed by atoms with Crippen LogP contribution in [0.15, 0.2) is 47.7 Å². The van der Waals surface area contributed by atoms with Crippen LogP contribution in [0, 0.1) is 0 Å². The zero-order chi connectivity index (χ0) is 20.8. The highest BCUT2D eigenvalue weighted by molar-refractivity contribution is 5.98. The molecule has 0 fully saturated rings. The first-order valence-corrected chi connectivity index (χ1v) is 9.20. The summed E-state index contributed by atoms with van der Waals surface area (Å²) in [6.45, 7) is 1.65. The van der Waals surface area contributed by atoms with Crippen molar-refractivity contribution in [2.75, 3.05) is 6.79 Å². The van der Waals surface area contributed by atoms with Crippen LogP contribution in [0.4, 0.5) is 0 Å². The van der Waals surface area contributed by atoms with Gasteiger partial charge in [-0.3, -0.25) is 14.4 Å². The number of carboxylic acid groups (broad SMARTS) is 1. The lowest BCUT2D eigenvalue weighted by Crippen LogP contribution is -2.26. The van der Waals surface area contributed by atoms with Crippen molar-refractivity contribution in [1.29, 1.82) is 0 Å². The number of carbonyl (C=O) groups is 3. The minimum Gasteiger partial charge on any atom is -0.481 e. The van der Waals surface area contributed by atoms with Crippen LogP contribution in [-0.4, -0.2) is 29.7 Å². The van der Waals surface area contributed by atoms with E-state index in [2.05, 4.69) is 10.6 Å². The van der Waals surface area contributed by atoms with Gasteiger partial charge in [-0.15, -0.1) is 0 Å². The number of benzene rings is 1. The van der Waals surface area contributed by atoms with Crippen molar-refractivity contribution >= 4 is 17.8 Å². The molecule has 2 amide bonds. The number of carboxylic acids is 1. The number of ether oxygens (including phenoxy) is 2. The summed E-state index contributed by atoms with van der Waals surface area (Å²) in [7, 11) is 0. The Hall–Kier alpha value is -3.55. The molecule has 0 saturated heterocycles. The topological polar surface area (TPSA) is 114 Å². The molecule has 3 rings (SSSR count). The number of aliphatic carboxylic acids is 1. The molecule has 8 heteroatoms. The van der Waals surface area contributed by atoms with E-state index in [1.807, 2.05) is 12.2 Å². The molecule has 1 heterocycles. The molecule has 1 aromatic carbocycles. The normalized spacial score (nSPS) is 14.5. The predicted molar refractivity (Wildman–Crippen MR) is 104 cm³/mol. The fourth-order valence-corrected chi connectivity index (χ4v) is 2.98. The number of amides is 2. The Labute approximate surface area is 167 Å². The third kappa shape index (κ3) is 5.47. The molecule has 0 bridgehead atoms. The van der Waals surface area contributed by atoms with E-state index >= 15 is 0 Å². The molecule has 3 N–H and O–H groups in total. The number of nitrogens with one attached hydrogen (secondary N) is 2. The molecule has 152 valence electrons. The predicted octanol–water partition coefficient (Wildman–Crippen LogP) is 2.42. The monoisotopic (exact) mass is 398 g/mol. The van der Waals surface area contributed by atoms with E-state index in [0.717, 1.165) is 5.57 Å². The van der Waals surface area contributed by atoms with Gasteiger partial charge in [0, 0.05) is 31.1 Å². The van der Waals surface area contributed by atoms with Crippen LogP contribution in [0.25, 0.3) is 0 Å². The van der Waals surface area contributed by atoms with E-state index in [0.29, 0.717) is 41.2 Å². The first-order valence-electron chi connectivity index (χ1n) is 9.20. The zero-order valence-corrected chi connectivity index (χ0v) is 16.0. The molecule has 2 aliphatic rings. The van der Waals surface area contributed by atoms with Gasteiger partial charge >= 0.3 is 5.97 Å². The smallest absolute Gasteiger partial charge is 0.303 e. The van der Waals surface area contributed by atoms with Gasteiger partial charge < -0.3 is 25.2 Å². The summed E-state index contributed by atoms with van der Waals surface area (Å²) in [5, 5.41) is 14.4. The number of fused-ring (bicyclic) bond motifs is 1. The quantitative estimate of drug-likeness (QED) is 0.650. The van der Waals surface area contributed by atoms with Crippen LogP contribution in [0.5, 0.6) is 11.5 Å². The van der Waals surface area contributed by atoms with Crippen LogP contribution in [0.1, 0.15) is 42.1 Å². The van der Waals surface area contributed by atoms with Crippen LogP contribution in [0.2, 0.25) is 0 Å². The number of carbonyl (C=O) groups excluding carboxylic acids is 2. The van der Waals surface area contributed by atoms with Crippen molar-refractivity contribution in [1.82, 2.24) is 10.6 Å². The molecular formula is C21H22N2O6. The van der Waals surface area contributed by atoms with Crippen molar-refractivity contribution in [2.24, 2.45) is 0 Å². The third-order valence-electron chi connectivity index (χ3n) is 4.41. The Morgan fingerprint density at radius 3 is 2.66 bits per heavy atom. The summed E-state index contributed by atoms with van der Waals surface area (Å²) in [5.74, 6) is -0.454. The minimum atomic E-state index is -0.870. The van der Waals surface area contributed by atoms with E-state index in [4.69, 9.17) is 14.6 Å². The number of rotatable bonds is 7. The number of allylic oxidation sites excluding steroid dienone is 5. The standard InChI is InChI=1S/C21H22N2O6/c1-13(24)22-11-15-9-18-19(29-12-28-18)10-17(15)21(27)23-16-5-3-2-4-14(8-16)6-7-20(25)26/h3-5,8-10H,2,6-7,11-12H2,1H3,(H,22,24)(H,23,27)(H,25,26). The molecule has 8 nitrogen and oxygen atoms in total. The third-order valence-corrected chi connectivity index (χ3v) is 4.41. The van der Waals surface area contributed by atoms with Gasteiger partial charge in [-0.25, -0.2) is 0 Å². The van der Waals surface area contributed by atoms with Crippen molar-refractivity contribution in [3.8, 4) is 11.5 Å². The number of hydrogen-bond acceptors (Lipinski definition) is 5. The summed E-state index contributed by atoms with van der Waals surface area (Å²) in [6, 6.07) is 3.28. The van der Waals surface area contributed by atoms with Gasteiger partial charge in [0.15, 0.2) is 11.5 Å². The molecule has 0 unspecified atom stereocenters. The number of hydrogen-bond donors (Lipinski definition) is 3. The summed E-state index contributed by atoms with van der Waals surface area (Å²) in [5.41, 5.74) is 2.36. The molecule has 1 aromatic rings. The molecule has 0 atom stereocenters. The molecule has 0 radical (unpaired) electrons. The lowest BCUT2D eigenvalue weighted by Gasteiger charge is -2.13. The highest BCUT2D eigenvalue weighted by Crippen LogP contribution is 2.35. The van der Waals surface area contributed by atoms with Gasteiger partial charge in [-0.1, -0.05) is 12.2 Å². The fraction of sp³-hybridized carbons (Fsp3) is 0.286. The average Bonchev–Trinajstić information content (AvgIpc) is 3.01. The summed E-state index contributed by atoms with van der Waals surface area (Å²) in [6.07, 6.45) is 8.43. The Morgan fingerprint density at radius 1 is 1.17 bits per heavy atom. The first kappa shape index (κ1) is 20.2. The fourth-order valence-electron chi connectivity index (χ4n) is 2.98. The molecule has 0 spiro atoms. The van der Waals surface area contributed by atoms with E-state index in [1.54, 1.807) is 24.3 Å². The maximum atomic E-state index is 13.0. The zero-order valence-electron chi connectivity index (χ0n) is 16.0. The van der Waals surface area contributed by atoms with Gasteiger partial charge in [0.05, 0.1) is 0 Å². The Bertz CT molecular complexity index is 929. The average molecular weight is 398 g/mol. The van der Waals surface area contributed by atoms with E-state index in [9.17, 15) is 14.4 Å². The lowest BCUT2D eigenvalue weighted by atomic mass is 10.0. The van der Waals surface area contributed by atoms with Gasteiger partial charge in [0.1, 0.15) is 0 Å². The molecule has 1 aliphatic heterocycles. The van der Waals surface area contributed by atoms with Gasteiger partial charge in [0.25, 0.3) is 5.91 Å². The lowest BCUT2D eigenvalue weighted by molar-refractivity contribution is -0.137. The van der Waals surface area contributed by atoms with Gasteiger partial charge in [0.2, 0.25) is 12.7 Å². The van der Waals surface area contributed by atoms with Gasteiger partial charge in [-0.05, 0) is 48.3 Å². The Kier molecular flexibility index (Phi) is 6.33. The summed E-state index contributed by atoms with van der Waals surface area (Å²) in [4.78, 5) is 35.1. The maximum absolute atomic E-state index is 13.0. The van der Waals surface area contributed by atoms with Gasteiger partial charge in [-0.2, -0.15) is 0 Å². The highest BCUT2D eigenvalue weighted by atomic mass is 16.7. The highest BCUT2D eigenvalue weighted by Gasteiger charge is 2.21. The van der Waals surface area contributed by atoms with Crippen molar-refractivity contribution in [3.63, 3.8) is 0 Å². The van der Waals surface area contributed by atoms with Crippen LogP contribution < -0.4 is 20.1 Å². The SMILES string of the molecule is CC(=O)NCc1cc2c(cc1C(=O)NC1=CC(CCC(=O)O)=CCC=C1)OCO2. The van der Waals surface area contributed by atoms with Crippen LogP contribution >= 0.6 is 0 Å². The second-order valence-electron chi connectivity index (χ2n) is 6.64. The van der Waals surface area contributed by atoms with E-state index < -0.39 is 5.97 Å². The summed E-state index contributed by atoms with van der Waals surface area (Å²) < 4.78 is 10.7. The van der Waals surface area contributed by atoms with E-state index in [1.165, 1.54) is 6.92 Å². The largest absolute Gasteiger partial charge is 0.481 e. The van der Waals surface area contributed by atoms with E-state index in [-0.39, 0.29) is 31.6 Å². The maximum Gasteiger partial charge on any atom is 0.303 e. The van der Waals surface area contributed by atoms with Crippen LogP contribution in [-0.2, 0) is 16.1 Å². The van der Waals surface area contributed by atoms with Crippen LogP contribution in [0.3, 0.4) is 0 Å². The Balaban J connectivity index is 1.81. The molecule has 29 heavy (non-hydrogen) atoms. The summed E-state index contributed by atoms with van der Waals surface area (Å²) >= 11 is 0. The van der Waals surface area contributed by atoms with Crippen molar-refractivity contribution in [2.45, 2.75) is 32.7 Å². The Morgan fingerprint density at radius 2 is 1.93 bits per heavy atom. The second kappa shape index (κ2) is 9.09. The molecule has 0 saturated carbocycles. The second-order valence-corrected chi connectivity index (χ2v) is 6.64.